The molecule has 1 heterocycles. The van der Waals surface area contributed by atoms with Gasteiger partial charge in [-0.25, -0.2) is 4.99 Å². The quantitative estimate of drug-likeness (QED) is 0.0615. The Balaban J connectivity index is 1.37. The van der Waals surface area contributed by atoms with Crippen molar-refractivity contribution in [2.45, 2.75) is 30.5 Å². The van der Waals surface area contributed by atoms with Crippen LogP contribution in [0.15, 0.2) is 136 Å². The van der Waals surface area contributed by atoms with Gasteiger partial charge >= 0.3 is 0 Å². The standard InChI is InChI=1S/C39H32BrN5O4/c40-33-16-7-1-10-26(33)24-39(38(47)42-35-30-13-4-2-11-28(30)29-12-3-5-14-31(29)35)36(32-15-6-8-17-34(32)44-45-41)49-37(43-39)25-18-20-27(21-19-25)48-23-9-22-46/h1-8,10-21,35-36,46H,9,22-24H2,(H,42,47)/t36-,39-/m1/s1. The lowest BCUT2D eigenvalue weighted by atomic mass is 9.81. The van der Waals surface area contributed by atoms with Gasteiger partial charge in [-0.15, -0.1) is 0 Å². The number of ether oxygens (including phenoxy) is 2. The van der Waals surface area contributed by atoms with Crippen LogP contribution in [-0.4, -0.2) is 35.7 Å². The van der Waals surface area contributed by atoms with Crippen molar-refractivity contribution >= 4 is 33.4 Å². The molecule has 244 valence electrons. The van der Waals surface area contributed by atoms with E-state index >= 15 is 4.79 Å². The summed E-state index contributed by atoms with van der Waals surface area (Å²) >= 11 is 3.70. The fraction of sp³-hybridized carbons (Fsp3) is 0.179. The lowest BCUT2D eigenvalue weighted by molar-refractivity contribution is -0.129. The zero-order valence-electron chi connectivity index (χ0n) is 26.4. The number of amides is 1. The highest BCUT2D eigenvalue weighted by Crippen LogP contribution is 2.48. The Morgan fingerprint density at radius 3 is 2.20 bits per heavy atom. The van der Waals surface area contributed by atoms with E-state index in [0.717, 1.165) is 32.3 Å². The predicted molar refractivity (Wildman–Crippen MR) is 192 cm³/mol. The first-order valence-corrected chi connectivity index (χ1v) is 16.8. The molecule has 0 aromatic heterocycles. The van der Waals surface area contributed by atoms with Crippen LogP contribution in [0.3, 0.4) is 0 Å². The van der Waals surface area contributed by atoms with Gasteiger partial charge < -0.3 is 19.9 Å². The van der Waals surface area contributed by atoms with Gasteiger partial charge in [0.1, 0.15) is 5.75 Å². The van der Waals surface area contributed by atoms with E-state index in [4.69, 9.17) is 19.6 Å². The van der Waals surface area contributed by atoms with E-state index < -0.39 is 17.7 Å². The topological polar surface area (TPSA) is 129 Å². The van der Waals surface area contributed by atoms with Crippen molar-refractivity contribution in [3.8, 4) is 16.9 Å². The lowest BCUT2D eigenvalue weighted by Crippen LogP contribution is -2.50. The van der Waals surface area contributed by atoms with E-state index in [1.807, 2.05) is 97.1 Å². The Bertz CT molecular complexity index is 2050. The maximum absolute atomic E-state index is 15.2. The van der Waals surface area contributed by atoms with Crippen molar-refractivity contribution in [3.63, 3.8) is 0 Å². The fourth-order valence-corrected chi connectivity index (χ4v) is 7.03. The number of aliphatic hydroxyl groups excluding tert-OH is 1. The van der Waals surface area contributed by atoms with Gasteiger partial charge in [-0.1, -0.05) is 112 Å². The summed E-state index contributed by atoms with van der Waals surface area (Å²) in [6.45, 7) is 0.426. The molecule has 2 atom stereocenters. The summed E-state index contributed by atoms with van der Waals surface area (Å²) in [6.07, 6.45) is -0.257. The Labute approximate surface area is 292 Å². The molecule has 0 fully saturated rings. The van der Waals surface area contributed by atoms with Gasteiger partial charge in [-0.3, -0.25) is 4.79 Å². The SMILES string of the molecule is [N-]=[N+]=Nc1ccccc1[C@H]1OC(c2ccc(OCCCO)cc2)=N[C@@]1(Cc1ccccc1Br)C(=O)NC1c2ccccc2-c2ccccc21. The zero-order valence-corrected chi connectivity index (χ0v) is 28.0. The smallest absolute Gasteiger partial charge is 0.253 e. The Kier molecular flexibility index (Phi) is 9.17. The van der Waals surface area contributed by atoms with Gasteiger partial charge in [0.05, 0.1) is 12.6 Å². The monoisotopic (exact) mass is 713 g/mol. The van der Waals surface area contributed by atoms with Gasteiger partial charge in [0.15, 0.2) is 11.6 Å². The molecule has 7 rings (SSSR count). The summed E-state index contributed by atoms with van der Waals surface area (Å²) in [4.78, 5) is 23.5. The second-order valence-corrected chi connectivity index (χ2v) is 12.7. The summed E-state index contributed by atoms with van der Waals surface area (Å²) in [5, 5.41) is 16.5. The van der Waals surface area contributed by atoms with Crippen molar-refractivity contribution in [2.24, 2.45) is 10.1 Å². The van der Waals surface area contributed by atoms with Gasteiger partial charge in [0, 0.05) is 45.6 Å². The van der Waals surface area contributed by atoms with Crippen LogP contribution >= 0.6 is 15.9 Å². The number of nitrogens with zero attached hydrogens (tertiary/aromatic N) is 4. The molecule has 2 N–H and O–H groups in total. The number of hydrogen-bond acceptors (Lipinski definition) is 6. The van der Waals surface area contributed by atoms with E-state index in [1.54, 1.807) is 12.1 Å². The third-order valence-electron chi connectivity index (χ3n) is 8.93. The maximum atomic E-state index is 15.2. The Morgan fingerprint density at radius 2 is 1.53 bits per heavy atom. The second kappa shape index (κ2) is 14.0. The molecule has 0 unspecified atom stereocenters. The molecule has 49 heavy (non-hydrogen) atoms. The molecule has 1 aliphatic heterocycles. The number of halogens is 1. The van der Waals surface area contributed by atoms with Crippen LogP contribution in [0.25, 0.3) is 21.6 Å². The molecule has 2 aliphatic rings. The van der Waals surface area contributed by atoms with E-state index in [-0.39, 0.29) is 24.8 Å². The molecule has 5 aromatic carbocycles. The normalized spacial score (nSPS) is 17.7. The largest absolute Gasteiger partial charge is 0.494 e. The molecule has 5 aromatic rings. The number of benzene rings is 5. The van der Waals surface area contributed by atoms with Crippen molar-refractivity contribution in [3.05, 3.63) is 164 Å². The summed E-state index contributed by atoms with van der Waals surface area (Å²) in [7, 11) is 0. The van der Waals surface area contributed by atoms with Gasteiger partial charge in [-0.05, 0) is 63.7 Å². The molecule has 0 radical (unpaired) electrons. The first kappa shape index (κ1) is 32.2. The molecule has 1 aliphatic carbocycles. The van der Waals surface area contributed by atoms with Crippen LogP contribution in [0.1, 0.15) is 46.4 Å². The van der Waals surface area contributed by atoms with Crippen LogP contribution in [0.4, 0.5) is 5.69 Å². The van der Waals surface area contributed by atoms with Crippen LogP contribution < -0.4 is 10.1 Å². The number of fused-ring (bicyclic) bond motifs is 3. The lowest BCUT2D eigenvalue weighted by Gasteiger charge is -2.33. The Morgan fingerprint density at radius 1 is 0.898 bits per heavy atom. The van der Waals surface area contributed by atoms with E-state index in [2.05, 4.69) is 43.4 Å². The number of nitrogens with one attached hydrogen (secondary N) is 1. The molecular formula is C39H32BrN5O4. The molecule has 0 spiro atoms. The molecule has 1 amide bonds. The second-order valence-electron chi connectivity index (χ2n) is 11.9. The van der Waals surface area contributed by atoms with Crippen molar-refractivity contribution in [2.75, 3.05) is 13.2 Å². The summed E-state index contributed by atoms with van der Waals surface area (Å²) in [5.41, 5.74) is 14.5. The highest BCUT2D eigenvalue weighted by Gasteiger charge is 2.55. The first-order valence-electron chi connectivity index (χ1n) is 16.0. The predicted octanol–water partition coefficient (Wildman–Crippen LogP) is 8.54. The number of azide groups is 1. The number of rotatable bonds is 11. The van der Waals surface area contributed by atoms with Gasteiger partial charge in [0.2, 0.25) is 5.90 Å². The van der Waals surface area contributed by atoms with E-state index in [9.17, 15) is 5.53 Å². The van der Waals surface area contributed by atoms with Crippen LogP contribution in [0.2, 0.25) is 0 Å². The number of aliphatic hydroxyl groups is 1. The molecule has 0 saturated heterocycles. The van der Waals surface area contributed by atoms with E-state index in [1.165, 1.54) is 0 Å². The zero-order chi connectivity index (χ0) is 33.8. The minimum atomic E-state index is -1.52. The number of hydrogen-bond donors (Lipinski definition) is 2. The third kappa shape index (κ3) is 6.18. The van der Waals surface area contributed by atoms with Crippen LogP contribution in [-0.2, 0) is 16.0 Å². The Hall–Kier alpha value is -5.41. The fourth-order valence-electron chi connectivity index (χ4n) is 6.61. The van der Waals surface area contributed by atoms with Gasteiger partial charge in [0.25, 0.3) is 5.91 Å². The van der Waals surface area contributed by atoms with Crippen molar-refractivity contribution < 1.29 is 19.4 Å². The molecule has 0 bridgehead atoms. The van der Waals surface area contributed by atoms with Gasteiger partial charge in [-0.2, -0.15) is 0 Å². The minimum absolute atomic E-state index is 0.0428. The van der Waals surface area contributed by atoms with Crippen molar-refractivity contribution in [1.29, 1.82) is 0 Å². The number of carbonyl (C=O) groups excluding carboxylic acids is 1. The third-order valence-corrected chi connectivity index (χ3v) is 9.70. The minimum Gasteiger partial charge on any atom is -0.494 e. The van der Waals surface area contributed by atoms with E-state index in [0.29, 0.717) is 35.6 Å². The van der Waals surface area contributed by atoms with Crippen molar-refractivity contribution in [1.82, 2.24) is 5.32 Å². The molecular weight excluding hydrogens is 682 g/mol. The summed E-state index contributed by atoms with van der Waals surface area (Å²) in [5.74, 6) is 0.577. The highest BCUT2D eigenvalue weighted by molar-refractivity contribution is 9.10. The maximum Gasteiger partial charge on any atom is 0.253 e. The first-order chi connectivity index (χ1) is 24.0. The number of aliphatic imine (C=N–C) groups is 1. The van der Waals surface area contributed by atoms with Crippen LogP contribution in [0, 0.1) is 0 Å². The average Bonchev–Trinajstić information content (AvgIpc) is 3.67. The molecule has 0 saturated carbocycles. The average molecular weight is 715 g/mol. The summed E-state index contributed by atoms with van der Waals surface area (Å²) < 4.78 is 13.3. The highest BCUT2D eigenvalue weighted by atomic mass is 79.9. The molecule has 10 heteroatoms. The summed E-state index contributed by atoms with van der Waals surface area (Å²) in [6, 6.07) is 37.9. The van der Waals surface area contributed by atoms with Crippen LogP contribution in [0.5, 0.6) is 5.75 Å². The molecule has 9 nitrogen and oxygen atoms in total. The number of carbonyl (C=O) groups is 1.